The van der Waals surface area contributed by atoms with E-state index < -0.39 is 0 Å². The number of thioether (sulfide) groups is 1. The fourth-order valence-electron chi connectivity index (χ4n) is 2.43. The Morgan fingerprint density at radius 1 is 1.28 bits per heavy atom. The summed E-state index contributed by atoms with van der Waals surface area (Å²) < 4.78 is 13.3. The molecule has 1 heterocycles. The molecule has 0 aliphatic heterocycles. The van der Waals surface area contributed by atoms with Crippen molar-refractivity contribution in [2.45, 2.75) is 18.2 Å². The lowest BCUT2D eigenvalue weighted by Gasteiger charge is -2.07. The molecule has 0 saturated heterocycles. The maximum absolute atomic E-state index is 13.3. The molecule has 0 atom stereocenters. The van der Waals surface area contributed by atoms with Crippen molar-refractivity contribution < 1.29 is 9.18 Å². The summed E-state index contributed by atoms with van der Waals surface area (Å²) in [5.41, 5.74) is 2.45. The number of aryl methyl sites for hydroxylation is 1. The number of hydrogen-bond donors (Lipinski definition) is 1. The molecule has 0 radical (unpaired) electrons. The van der Waals surface area contributed by atoms with Crippen molar-refractivity contribution >= 4 is 34.1 Å². The minimum Gasteiger partial charge on any atom is -0.298 e. The van der Waals surface area contributed by atoms with Crippen molar-refractivity contribution in [2.75, 3.05) is 11.6 Å². The Labute approximate surface area is 154 Å². The Morgan fingerprint density at radius 3 is 2.88 bits per heavy atom. The number of nitrogens with zero attached hydrogens (tertiary/aromatic N) is 1. The van der Waals surface area contributed by atoms with Crippen LogP contribution >= 0.6 is 23.1 Å². The first-order valence-corrected chi connectivity index (χ1v) is 9.74. The van der Waals surface area contributed by atoms with Crippen LogP contribution in [0.5, 0.6) is 0 Å². The number of carbonyl (C=O) groups is 1. The molecule has 2 aromatic carbocycles. The van der Waals surface area contributed by atoms with Gasteiger partial charge in [-0.1, -0.05) is 18.2 Å². The first kappa shape index (κ1) is 17.6. The van der Waals surface area contributed by atoms with E-state index in [1.807, 2.05) is 37.4 Å². The van der Waals surface area contributed by atoms with Crippen LogP contribution in [-0.2, 0) is 6.42 Å². The van der Waals surface area contributed by atoms with Gasteiger partial charge in [0, 0.05) is 28.0 Å². The third-order valence-electron chi connectivity index (χ3n) is 3.73. The van der Waals surface area contributed by atoms with E-state index in [0.717, 1.165) is 20.9 Å². The molecule has 0 fully saturated rings. The second-order valence-corrected chi connectivity index (χ2v) is 7.57. The molecular formula is C19H17FN2OS2. The van der Waals surface area contributed by atoms with E-state index in [-0.39, 0.29) is 11.7 Å². The highest BCUT2D eigenvalue weighted by atomic mass is 32.2. The number of carbonyl (C=O) groups excluding carboxylic acids is 1. The molecule has 0 unspecified atom stereocenters. The van der Waals surface area contributed by atoms with E-state index in [4.69, 9.17) is 0 Å². The number of thiazole rings is 1. The largest absolute Gasteiger partial charge is 0.298 e. The lowest BCUT2D eigenvalue weighted by molar-refractivity contribution is 0.102. The molecule has 0 spiro atoms. The van der Waals surface area contributed by atoms with E-state index in [0.29, 0.717) is 17.1 Å². The van der Waals surface area contributed by atoms with Gasteiger partial charge in [0.1, 0.15) is 5.82 Å². The summed E-state index contributed by atoms with van der Waals surface area (Å²) in [4.78, 5) is 18.8. The van der Waals surface area contributed by atoms with Gasteiger partial charge in [0.05, 0.1) is 0 Å². The summed E-state index contributed by atoms with van der Waals surface area (Å²) in [6.45, 7) is 1.91. The molecule has 1 N–H and O–H groups in total. The van der Waals surface area contributed by atoms with Crippen LogP contribution in [-0.4, -0.2) is 17.1 Å². The Morgan fingerprint density at radius 2 is 2.12 bits per heavy atom. The Kier molecular flexibility index (Phi) is 5.50. The molecule has 3 nitrogen and oxygen atoms in total. The van der Waals surface area contributed by atoms with Crippen LogP contribution in [0.3, 0.4) is 0 Å². The van der Waals surface area contributed by atoms with Gasteiger partial charge in [-0.15, -0.1) is 23.1 Å². The van der Waals surface area contributed by atoms with Crippen molar-refractivity contribution in [1.29, 1.82) is 0 Å². The first-order valence-electron chi connectivity index (χ1n) is 7.70. The predicted octanol–water partition coefficient (Wildman–Crippen LogP) is 5.16. The molecule has 0 saturated carbocycles. The normalized spacial score (nSPS) is 10.7. The second-order valence-electron chi connectivity index (χ2n) is 5.57. The third kappa shape index (κ3) is 4.46. The first-order chi connectivity index (χ1) is 12.0. The Hall–Kier alpha value is -2.18. The highest BCUT2D eigenvalue weighted by Gasteiger charge is 2.12. The van der Waals surface area contributed by atoms with E-state index in [9.17, 15) is 9.18 Å². The third-order valence-corrected chi connectivity index (χ3v) is 5.37. The van der Waals surface area contributed by atoms with Gasteiger partial charge >= 0.3 is 0 Å². The predicted molar refractivity (Wildman–Crippen MR) is 102 cm³/mol. The van der Waals surface area contributed by atoms with Gasteiger partial charge in [0.2, 0.25) is 0 Å². The number of hydrogen-bond acceptors (Lipinski definition) is 4. The second kappa shape index (κ2) is 7.80. The summed E-state index contributed by atoms with van der Waals surface area (Å²) in [5.74, 6) is -0.417. The van der Waals surface area contributed by atoms with E-state index in [2.05, 4.69) is 10.3 Å². The van der Waals surface area contributed by atoms with Crippen LogP contribution in [0.2, 0.25) is 0 Å². The minimum absolute atomic E-state index is 0.167. The number of anilines is 1. The molecule has 3 rings (SSSR count). The monoisotopic (exact) mass is 372 g/mol. The van der Waals surface area contributed by atoms with Crippen LogP contribution < -0.4 is 5.32 Å². The lowest BCUT2D eigenvalue weighted by atomic mass is 10.1. The Balaban J connectivity index is 1.72. The van der Waals surface area contributed by atoms with Gasteiger partial charge < -0.3 is 0 Å². The van der Waals surface area contributed by atoms with Crippen molar-refractivity contribution in [2.24, 2.45) is 0 Å². The number of benzene rings is 2. The Bertz CT molecular complexity index is 908. The maximum Gasteiger partial charge on any atom is 0.257 e. The summed E-state index contributed by atoms with van der Waals surface area (Å²) in [7, 11) is 0. The van der Waals surface area contributed by atoms with Gasteiger partial charge in [-0.25, -0.2) is 9.37 Å². The minimum atomic E-state index is -0.250. The molecular weight excluding hydrogens is 355 g/mol. The summed E-state index contributed by atoms with van der Waals surface area (Å²) in [6, 6.07) is 12.3. The molecule has 25 heavy (non-hydrogen) atoms. The van der Waals surface area contributed by atoms with E-state index in [1.54, 1.807) is 24.0 Å². The average Bonchev–Trinajstić information content (AvgIpc) is 3.02. The van der Waals surface area contributed by atoms with Crippen LogP contribution in [0.25, 0.3) is 0 Å². The number of halogens is 1. The van der Waals surface area contributed by atoms with Gasteiger partial charge in [0.15, 0.2) is 5.13 Å². The number of aromatic nitrogens is 1. The smallest absolute Gasteiger partial charge is 0.257 e. The van der Waals surface area contributed by atoms with Crippen LogP contribution in [0.4, 0.5) is 9.52 Å². The van der Waals surface area contributed by atoms with E-state index in [1.165, 1.54) is 23.5 Å². The van der Waals surface area contributed by atoms with Crippen molar-refractivity contribution in [3.63, 3.8) is 0 Å². The number of rotatable bonds is 5. The zero-order valence-electron chi connectivity index (χ0n) is 13.9. The topological polar surface area (TPSA) is 42.0 Å². The molecule has 1 amide bonds. The highest BCUT2D eigenvalue weighted by Crippen LogP contribution is 2.24. The zero-order chi connectivity index (χ0) is 17.8. The van der Waals surface area contributed by atoms with Crippen molar-refractivity contribution in [1.82, 2.24) is 4.98 Å². The molecule has 0 aliphatic rings. The van der Waals surface area contributed by atoms with Gasteiger partial charge in [-0.2, -0.15) is 0 Å². The van der Waals surface area contributed by atoms with E-state index >= 15 is 0 Å². The maximum atomic E-state index is 13.3. The zero-order valence-corrected chi connectivity index (χ0v) is 15.5. The molecule has 3 aromatic rings. The average molecular weight is 372 g/mol. The molecule has 128 valence electrons. The highest BCUT2D eigenvalue weighted by molar-refractivity contribution is 7.98. The molecule has 6 heteroatoms. The SMILES string of the molecule is CSc1ccc(C)c(C(=O)Nc2ncc(Cc3cccc(F)c3)s2)c1. The molecule has 0 aliphatic carbocycles. The molecule has 1 aromatic heterocycles. The molecule has 0 bridgehead atoms. The quantitative estimate of drug-likeness (QED) is 0.629. The van der Waals surface area contributed by atoms with Crippen LogP contribution in [0, 0.1) is 12.7 Å². The van der Waals surface area contributed by atoms with Crippen molar-refractivity contribution in [3.8, 4) is 0 Å². The standard InChI is InChI=1S/C19H17FN2OS2/c1-12-6-7-15(24-2)10-17(12)18(23)22-19-21-11-16(25-19)9-13-4-3-5-14(20)8-13/h3-8,10-11H,9H2,1-2H3,(H,21,22,23). The summed E-state index contributed by atoms with van der Waals surface area (Å²) in [6.07, 6.45) is 4.29. The van der Waals surface area contributed by atoms with Gasteiger partial charge in [0.25, 0.3) is 5.91 Å². The summed E-state index contributed by atoms with van der Waals surface area (Å²) in [5, 5.41) is 3.40. The number of nitrogens with one attached hydrogen (secondary N) is 1. The van der Waals surface area contributed by atoms with Gasteiger partial charge in [-0.05, 0) is 48.6 Å². The van der Waals surface area contributed by atoms with Crippen LogP contribution in [0.1, 0.15) is 26.4 Å². The van der Waals surface area contributed by atoms with Crippen LogP contribution in [0.15, 0.2) is 53.6 Å². The number of amides is 1. The fourth-order valence-corrected chi connectivity index (χ4v) is 3.71. The van der Waals surface area contributed by atoms with Gasteiger partial charge in [-0.3, -0.25) is 10.1 Å². The van der Waals surface area contributed by atoms with Crippen molar-refractivity contribution in [3.05, 3.63) is 76.0 Å². The fraction of sp³-hybridized carbons (Fsp3) is 0.158. The lowest BCUT2D eigenvalue weighted by Crippen LogP contribution is -2.13. The summed E-state index contributed by atoms with van der Waals surface area (Å²) >= 11 is 3.00.